The van der Waals surface area contributed by atoms with E-state index in [-0.39, 0.29) is 58.2 Å². The highest BCUT2D eigenvalue weighted by Crippen LogP contribution is 2.38. The Hall–Kier alpha value is -6.18. The van der Waals surface area contributed by atoms with Gasteiger partial charge in [0.15, 0.2) is 0 Å². The molecule has 8 rings (SSSR count). The van der Waals surface area contributed by atoms with Crippen LogP contribution in [0.5, 0.6) is 0 Å². The highest BCUT2D eigenvalue weighted by Gasteiger charge is 2.14. The predicted octanol–water partition coefficient (Wildman–Crippen LogP) is 13.0. The van der Waals surface area contributed by atoms with Gasteiger partial charge in [0, 0.05) is 17.1 Å². The van der Waals surface area contributed by atoms with Gasteiger partial charge in [-0.3, -0.25) is 0 Å². The van der Waals surface area contributed by atoms with Crippen LogP contribution in [0.3, 0.4) is 0 Å². The van der Waals surface area contributed by atoms with Crippen molar-refractivity contribution in [1.29, 1.82) is 0 Å². The molecule has 0 aliphatic rings. The highest BCUT2D eigenvalue weighted by atomic mass is 15.1. The lowest BCUT2D eigenvalue weighted by atomic mass is 9.97. The Bertz CT molecular complexity index is 2490. The van der Waals surface area contributed by atoms with Crippen molar-refractivity contribution in [3.05, 3.63) is 200 Å². The van der Waals surface area contributed by atoms with Crippen LogP contribution >= 0.6 is 0 Å². The molecule has 0 heterocycles. The van der Waals surface area contributed by atoms with E-state index in [0.29, 0.717) is 11.1 Å². The maximum absolute atomic E-state index is 9.29. The molecule has 0 aliphatic heterocycles. The molecule has 0 bridgehead atoms. The van der Waals surface area contributed by atoms with Crippen LogP contribution in [0, 0.1) is 0 Å². The molecule has 0 aliphatic carbocycles. The molecule has 0 N–H and O–H groups in total. The molecule has 1 heteroatoms. The fraction of sp³-hybridized carbons (Fsp3) is 0. The highest BCUT2D eigenvalue weighted by molar-refractivity contribution is 5.91. The van der Waals surface area contributed by atoms with Gasteiger partial charge in [-0.25, -0.2) is 0 Å². The maximum Gasteiger partial charge on any atom is 0.0636 e. The molecule has 0 amide bonds. The minimum Gasteiger partial charge on any atom is -0.311 e. The van der Waals surface area contributed by atoms with E-state index in [2.05, 4.69) is 77.7 Å². The molecular weight excluding hydrogens is 567 g/mol. The summed E-state index contributed by atoms with van der Waals surface area (Å²) in [5.74, 6) is 0. The van der Waals surface area contributed by atoms with Crippen molar-refractivity contribution in [3.8, 4) is 44.5 Å². The van der Waals surface area contributed by atoms with Gasteiger partial charge >= 0.3 is 0 Å². The van der Waals surface area contributed by atoms with Gasteiger partial charge in [0.25, 0.3) is 0 Å². The topological polar surface area (TPSA) is 3.24 Å². The molecule has 0 atom stereocenters. The summed E-state index contributed by atoms with van der Waals surface area (Å²) in [7, 11) is 0. The number of fused-ring (bicyclic) bond motifs is 1. The monoisotopic (exact) mass is 605 g/mol. The summed E-state index contributed by atoms with van der Waals surface area (Å²) >= 11 is 0. The molecule has 0 aromatic heterocycles. The van der Waals surface area contributed by atoms with Crippen molar-refractivity contribution in [3.63, 3.8) is 0 Å². The van der Waals surface area contributed by atoms with Crippen molar-refractivity contribution in [2.75, 3.05) is 4.90 Å². The Balaban J connectivity index is 1.24. The third kappa shape index (κ3) is 5.95. The Morgan fingerprint density at radius 1 is 0.277 bits per heavy atom. The molecule has 8 aromatic rings. The van der Waals surface area contributed by atoms with E-state index in [9.17, 15) is 1.37 Å². The Morgan fingerprint density at radius 2 is 0.574 bits per heavy atom. The molecular formula is C46H33N. The first-order chi connectivity index (χ1) is 25.8. The molecule has 0 unspecified atom stereocenters. The van der Waals surface area contributed by atoms with Crippen molar-refractivity contribution in [2.24, 2.45) is 0 Å². The summed E-state index contributed by atoms with van der Waals surface area (Å²) in [5.41, 5.74) is 8.84. The van der Waals surface area contributed by atoms with Gasteiger partial charge in [-0.1, -0.05) is 152 Å². The second-order valence-electron chi connectivity index (χ2n) is 11.3. The van der Waals surface area contributed by atoms with Crippen LogP contribution in [0.2, 0.25) is 0 Å². The Labute approximate surface area is 285 Å². The van der Waals surface area contributed by atoms with E-state index in [1.54, 1.807) is 24.3 Å². The van der Waals surface area contributed by atoms with E-state index in [1.807, 2.05) is 66.7 Å². The van der Waals surface area contributed by atoms with E-state index in [4.69, 9.17) is 6.85 Å². The molecule has 0 radical (unpaired) electrons. The van der Waals surface area contributed by atoms with Gasteiger partial charge in [0.05, 0.1) is 8.22 Å². The fourth-order valence-corrected chi connectivity index (χ4v) is 5.86. The molecule has 0 fully saturated rings. The largest absolute Gasteiger partial charge is 0.311 e. The summed E-state index contributed by atoms with van der Waals surface area (Å²) in [4.78, 5) is 2.16. The predicted molar refractivity (Wildman–Crippen MR) is 200 cm³/mol. The van der Waals surface area contributed by atoms with Crippen molar-refractivity contribution in [1.82, 2.24) is 0 Å². The fourth-order valence-electron chi connectivity index (χ4n) is 5.86. The van der Waals surface area contributed by atoms with Gasteiger partial charge < -0.3 is 4.90 Å². The van der Waals surface area contributed by atoms with E-state index in [1.165, 1.54) is 0 Å². The van der Waals surface area contributed by atoms with Crippen LogP contribution in [-0.2, 0) is 0 Å². The lowest BCUT2D eigenvalue weighted by Gasteiger charge is -2.26. The second kappa shape index (κ2) is 12.7. The molecule has 0 spiro atoms. The van der Waals surface area contributed by atoms with Gasteiger partial charge in [0.2, 0.25) is 0 Å². The third-order valence-corrected chi connectivity index (χ3v) is 8.32. The molecule has 222 valence electrons. The number of anilines is 3. The minimum absolute atomic E-state index is 0.0147. The number of nitrogens with zero attached hydrogens (tertiary/aromatic N) is 1. The second-order valence-corrected chi connectivity index (χ2v) is 11.3. The standard InChI is InChI=1S/C46H33N/c1-4-10-34(11-5-1)37-20-26-44(27-21-37)47(45-28-22-38(23-29-45)35-12-6-2-7-13-35)46-30-24-39(25-31-46)42-19-17-40-16-18-41(32-43(40)33-42)36-14-8-3-9-15-36/h1-33H/i16D,17D,18D,19D,32D,33D. The first-order valence-electron chi connectivity index (χ1n) is 18.6. The first-order valence-corrected chi connectivity index (χ1v) is 15.6. The zero-order chi connectivity index (χ0) is 36.6. The van der Waals surface area contributed by atoms with Crippen LogP contribution in [-0.4, -0.2) is 0 Å². The van der Waals surface area contributed by atoms with Crippen molar-refractivity contribution < 1.29 is 8.22 Å². The van der Waals surface area contributed by atoms with E-state index in [0.717, 1.165) is 39.3 Å². The van der Waals surface area contributed by atoms with Gasteiger partial charge in [-0.05, 0) is 104 Å². The summed E-state index contributed by atoms with van der Waals surface area (Å²) < 4.78 is 53.8. The zero-order valence-electron chi connectivity index (χ0n) is 31.5. The van der Waals surface area contributed by atoms with E-state index >= 15 is 0 Å². The molecule has 0 saturated heterocycles. The average Bonchev–Trinajstić information content (AvgIpc) is 3.21. The van der Waals surface area contributed by atoms with Crippen molar-refractivity contribution >= 4 is 27.8 Å². The normalized spacial score (nSPS) is 12.8. The number of benzene rings is 8. The van der Waals surface area contributed by atoms with Gasteiger partial charge in [-0.15, -0.1) is 0 Å². The van der Waals surface area contributed by atoms with Crippen LogP contribution < -0.4 is 4.90 Å². The zero-order valence-corrected chi connectivity index (χ0v) is 25.5. The van der Waals surface area contributed by atoms with Gasteiger partial charge in [-0.2, -0.15) is 0 Å². The summed E-state index contributed by atoms with van der Waals surface area (Å²) in [5, 5.41) is 0.0858. The molecule has 47 heavy (non-hydrogen) atoms. The first kappa shape index (κ1) is 22.3. The summed E-state index contributed by atoms with van der Waals surface area (Å²) in [6.07, 6.45) is 0. The number of hydrogen-bond acceptors (Lipinski definition) is 1. The smallest absolute Gasteiger partial charge is 0.0636 e. The maximum atomic E-state index is 9.29. The quantitative estimate of drug-likeness (QED) is 0.175. The lowest BCUT2D eigenvalue weighted by Crippen LogP contribution is -2.09. The van der Waals surface area contributed by atoms with Crippen LogP contribution in [0.15, 0.2) is 200 Å². The average molecular weight is 606 g/mol. The van der Waals surface area contributed by atoms with Crippen LogP contribution in [0.1, 0.15) is 8.22 Å². The van der Waals surface area contributed by atoms with Crippen LogP contribution in [0.25, 0.3) is 55.3 Å². The Morgan fingerprint density at radius 3 is 0.936 bits per heavy atom. The van der Waals surface area contributed by atoms with Gasteiger partial charge in [0.1, 0.15) is 0 Å². The lowest BCUT2D eigenvalue weighted by molar-refractivity contribution is 1.28. The molecule has 1 nitrogen and oxygen atoms in total. The minimum atomic E-state index is -0.264. The third-order valence-electron chi connectivity index (χ3n) is 8.32. The molecule has 8 aromatic carbocycles. The van der Waals surface area contributed by atoms with Crippen molar-refractivity contribution in [2.45, 2.75) is 0 Å². The number of hydrogen-bond donors (Lipinski definition) is 0. The summed E-state index contributed by atoms with van der Waals surface area (Å²) in [6.45, 7) is 0. The van der Waals surface area contributed by atoms with E-state index < -0.39 is 0 Å². The SMILES string of the molecule is [2H]c1c(-c2ccccc2)c([2H])c2c([2H])c(-c3ccc(N(c4ccc(-c5ccccc5)cc4)c4ccc(-c5ccccc5)cc4)cc3)c([2H])c([2H])c2c1[2H]. The number of rotatable bonds is 7. The Kier molecular flexibility index (Phi) is 6.02. The van der Waals surface area contributed by atoms with Crippen LogP contribution in [0.4, 0.5) is 17.1 Å². The summed E-state index contributed by atoms with van der Waals surface area (Å²) in [6, 6.07) is 52.8. The molecule has 0 saturated carbocycles.